The van der Waals surface area contributed by atoms with Gasteiger partial charge in [0.2, 0.25) is 15.9 Å². The number of nitrogens with zero attached hydrogens (tertiary/aromatic N) is 2. The molecule has 7 nitrogen and oxygen atoms in total. The van der Waals surface area contributed by atoms with Gasteiger partial charge in [-0.15, -0.1) is 0 Å². The Morgan fingerprint density at radius 1 is 1.26 bits per heavy atom. The van der Waals surface area contributed by atoms with Gasteiger partial charge in [0, 0.05) is 23.1 Å². The van der Waals surface area contributed by atoms with Crippen molar-refractivity contribution >= 4 is 39.1 Å². The quantitative estimate of drug-likeness (QED) is 0.803. The van der Waals surface area contributed by atoms with Gasteiger partial charge in [-0.2, -0.15) is 9.57 Å². The van der Waals surface area contributed by atoms with Crippen molar-refractivity contribution in [3.8, 4) is 17.6 Å². The highest BCUT2D eigenvalue weighted by Gasteiger charge is 2.32. The largest absolute Gasteiger partial charge is 0.456 e. The van der Waals surface area contributed by atoms with Crippen LogP contribution in [-0.2, 0) is 14.8 Å². The summed E-state index contributed by atoms with van der Waals surface area (Å²) < 4.78 is 73.1. The van der Waals surface area contributed by atoms with E-state index >= 15 is 0 Å². The Kier molecular flexibility index (Phi) is 3.96. The van der Waals surface area contributed by atoms with Crippen LogP contribution in [0.5, 0.6) is 11.5 Å². The zero-order valence-corrected chi connectivity index (χ0v) is 15.7. The number of benzene rings is 2. The van der Waals surface area contributed by atoms with Crippen LogP contribution in [0.25, 0.3) is 0 Å². The number of nitrogens with one attached hydrogen (secondary N) is 1. The molecule has 0 spiro atoms. The molecule has 0 radical (unpaired) electrons. The van der Waals surface area contributed by atoms with Gasteiger partial charge in [-0.1, -0.05) is 23.2 Å². The SMILES string of the molecule is [2H]c1c(Cl)cc(Oc2c([2H])c([2H])c(C#N)c([2H])c2S(=O)(=O)N2CCNC(=O)C2)c([2H])c1Cl. The highest BCUT2D eigenvalue weighted by molar-refractivity contribution is 7.89. The minimum atomic E-state index is -4.65. The Hall–Kier alpha value is -2.31. The number of halogens is 2. The van der Waals surface area contributed by atoms with E-state index in [0.29, 0.717) is 0 Å². The van der Waals surface area contributed by atoms with Crippen molar-refractivity contribution < 1.29 is 24.8 Å². The molecule has 0 atom stereocenters. The van der Waals surface area contributed by atoms with Gasteiger partial charge in [-0.3, -0.25) is 4.79 Å². The second kappa shape index (κ2) is 7.74. The highest BCUT2D eigenvalue weighted by atomic mass is 35.5. The summed E-state index contributed by atoms with van der Waals surface area (Å²) in [6, 6.07) is -0.848. The summed E-state index contributed by atoms with van der Waals surface area (Å²) >= 11 is 11.8. The van der Waals surface area contributed by atoms with Crippen molar-refractivity contribution in [1.82, 2.24) is 9.62 Å². The summed E-state index contributed by atoms with van der Waals surface area (Å²) in [5, 5.41) is 11.2. The average Bonchev–Trinajstić information content (AvgIpc) is 2.74. The fourth-order valence-corrected chi connectivity index (χ4v) is 4.10. The van der Waals surface area contributed by atoms with Crippen LogP contribution in [0.3, 0.4) is 0 Å². The lowest BCUT2D eigenvalue weighted by atomic mass is 10.2. The fourth-order valence-electron chi connectivity index (χ4n) is 2.23. The molecule has 27 heavy (non-hydrogen) atoms. The van der Waals surface area contributed by atoms with Crippen molar-refractivity contribution in [2.24, 2.45) is 0 Å². The number of rotatable bonds is 4. The predicted octanol–water partition coefficient (Wildman–Crippen LogP) is 2.78. The van der Waals surface area contributed by atoms with Gasteiger partial charge in [-0.25, -0.2) is 8.42 Å². The number of sulfonamides is 1. The van der Waals surface area contributed by atoms with Crippen molar-refractivity contribution in [1.29, 1.82) is 5.26 Å². The zero-order chi connectivity index (χ0) is 24.0. The molecule has 1 amide bonds. The summed E-state index contributed by atoms with van der Waals surface area (Å²) in [6.07, 6.45) is 0. The molecule has 1 N–H and O–H groups in total. The number of hydrogen-bond donors (Lipinski definition) is 1. The third-order valence-corrected chi connectivity index (χ3v) is 5.58. The molecule has 0 aromatic heterocycles. The first kappa shape index (κ1) is 13.8. The van der Waals surface area contributed by atoms with E-state index in [0.717, 1.165) is 10.4 Å². The third kappa shape index (κ3) is 4.34. The molecule has 1 aliphatic rings. The van der Waals surface area contributed by atoms with E-state index in [-0.39, 0.29) is 24.2 Å². The minimum absolute atomic E-state index is 0.00397. The molecule has 1 aliphatic heterocycles. The number of amides is 1. The smallest absolute Gasteiger partial charge is 0.247 e. The Balaban J connectivity index is 2.30. The first-order valence-corrected chi connectivity index (χ1v) is 9.55. The molecule has 2 aromatic carbocycles. The Morgan fingerprint density at radius 3 is 2.74 bits per heavy atom. The summed E-state index contributed by atoms with van der Waals surface area (Å²) in [7, 11) is -4.65. The average molecular weight is 431 g/mol. The molecule has 10 heteroatoms. The monoisotopic (exact) mass is 430 g/mol. The standard InChI is InChI=1S/C17H13Cl2N3O4S/c18-12-6-13(19)8-14(7-12)26-15-2-1-11(9-20)5-16(15)27(24,25)22-4-3-21-17(23)10-22/h1-2,5-8H,3-4,10H2,(H,21,23)/i1D,2D,5D,6D,7D. The molecule has 3 rings (SSSR count). The predicted molar refractivity (Wildman–Crippen MR) is 99.5 cm³/mol. The van der Waals surface area contributed by atoms with Crippen molar-refractivity contribution in [2.45, 2.75) is 4.90 Å². The van der Waals surface area contributed by atoms with Crippen molar-refractivity contribution in [2.75, 3.05) is 19.6 Å². The number of nitriles is 1. The normalized spacial score (nSPS) is 17.7. The molecule has 1 heterocycles. The van der Waals surface area contributed by atoms with Crippen LogP contribution >= 0.6 is 23.2 Å². The Morgan fingerprint density at radius 2 is 2.04 bits per heavy atom. The van der Waals surface area contributed by atoms with Crippen LogP contribution in [-0.4, -0.2) is 38.3 Å². The van der Waals surface area contributed by atoms with Crippen LogP contribution in [0, 0.1) is 11.3 Å². The van der Waals surface area contributed by atoms with E-state index in [9.17, 15) is 18.5 Å². The van der Waals surface area contributed by atoms with Crippen LogP contribution in [0.2, 0.25) is 10.0 Å². The molecule has 0 bridgehead atoms. The van der Waals surface area contributed by atoms with Crippen molar-refractivity contribution in [3.05, 3.63) is 51.9 Å². The van der Waals surface area contributed by atoms with E-state index in [1.807, 2.05) is 0 Å². The molecule has 1 fully saturated rings. The number of carbonyl (C=O) groups is 1. The molecular formula is C17H13Cl2N3O4S. The van der Waals surface area contributed by atoms with Crippen LogP contribution in [0.15, 0.2) is 41.2 Å². The molecule has 140 valence electrons. The molecule has 0 aliphatic carbocycles. The maximum absolute atomic E-state index is 13.3. The van der Waals surface area contributed by atoms with Gasteiger partial charge < -0.3 is 10.1 Å². The van der Waals surface area contributed by atoms with Crippen LogP contribution < -0.4 is 10.1 Å². The lowest BCUT2D eigenvalue weighted by molar-refractivity contribution is -0.122. The van der Waals surface area contributed by atoms with Crippen LogP contribution in [0.1, 0.15) is 12.4 Å². The van der Waals surface area contributed by atoms with Gasteiger partial charge in [0.25, 0.3) is 0 Å². The molecule has 0 unspecified atom stereocenters. The topological polar surface area (TPSA) is 99.5 Å². The summed E-state index contributed by atoms with van der Waals surface area (Å²) in [4.78, 5) is 10.8. The number of carbonyl (C=O) groups excluding carboxylic acids is 1. The summed E-state index contributed by atoms with van der Waals surface area (Å²) in [6.45, 7) is -0.697. The lowest BCUT2D eigenvalue weighted by Gasteiger charge is -2.26. The van der Waals surface area contributed by atoms with E-state index in [2.05, 4.69) is 5.32 Å². The molecule has 2 aromatic rings. The maximum Gasteiger partial charge on any atom is 0.247 e. The van der Waals surface area contributed by atoms with Gasteiger partial charge in [0.1, 0.15) is 16.4 Å². The summed E-state index contributed by atoms with van der Waals surface area (Å²) in [5.41, 5.74) is -0.675. The van der Waals surface area contributed by atoms with E-state index in [4.69, 9.17) is 34.8 Å². The Labute approximate surface area is 173 Å². The first-order valence-electron chi connectivity index (χ1n) is 9.85. The number of piperazine rings is 1. The van der Waals surface area contributed by atoms with Gasteiger partial charge in [0.05, 0.1) is 25.0 Å². The zero-order valence-electron chi connectivity index (χ0n) is 18.4. The van der Waals surface area contributed by atoms with Crippen LogP contribution in [0.4, 0.5) is 0 Å². The third-order valence-electron chi connectivity index (χ3n) is 3.39. The molecule has 0 saturated carbocycles. The number of ether oxygens (including phenoxy) is 1. The first-order chi connectivity index (χ1) is 14.9. The molecular weight excluding hydrogens is 413 g/mol. The van der Waals surface area contributed by atoms with Crippen molar-refractivity contribution in [3.63, 3.8) is 0 Å². The highest BCUT2D eigenvalue weighted by Crippen LogP contribution is 2.34. The molecule has 1 saturated heterocycles. The number of hydrogen-bond acceptors (Lipinski definition) is 5. The van der Waals surface area contributed by atoms with Gasteiger partial charge in [-0.05, 0) is 36.3 Å². The second-order valence-electron chi connectivity index (χ2n) is 5.23. The van der Waals surface area contributed by atoms with E-state index in [1.54, 1.807) is 0 Å². The van der Waals surface area contributed by atoms with Gasteiger partial charge in [0.15, 0.2) is 0 Å². The fraction of sp³-hybridized carbons (Fsp3) is 0.176. The van der Waals surface area contributed by atoms with E-state index < -0.39 is 73.6 Å². The summed E-state index contributed by atoms with van der Waals surface area (Å²) in [5.74, 6) is -1.82. The lowest BCUT2D eigenvalue weighted by Crippen LogP contribution is -2.49. The minimum Gasteiger partial charge on any atom is -0.456 e. The van der Waals surface area contributed by atoms with Gasteiger partial charge >= 0.3 is 0 Å². The second-order valence-corrected chi connectivity index (χ2v) is 7.89. The maximum atomic E-state index is 13.3. The van der Waals surface area contributed by atoms with E-state index in [1.165, 1.54) is 6.07 Å². The Bertz CT molecular complexity index is 1300.